The molecule has 0 N–H and O–H groups in total. The molecule has 0 radical (unpaired) electrons. The number of unbranched alkanes of at least 4 members (excludes halogenated alkanes) is 3. The molecule has 16 heavy (non-hydrogen) atoms. The number of sulfone groups is 1. The first-order chi connectivity index (χ1) is 7.20. The lowest BCUT2D eigenvalue weighted by molar-refractivity contribution is -0.0423. The Morgan fingerprint density at radius 3 is 2.25 bits per heavy atom. The van der Waals surface area contributed by atoms with Crippen LogP contribution < -0.4 is 0 Å². The van der Waals surface area contributed by atoms with E-state index in [1.807, 2.05) is 6.92 Å². The van der Waals surface area contributed by atoms with Crippen molar-refractivity contribution in [1.29, 1.82) is 0 Å². The van der Waals surface area contributed by atoms with Crippen LogP contribution >= 0.6 is 22.6 Å². The van der Waals surface area contributed by atoms with E-state index >= 15 is 0 Å². The van der Waals surface area contributed by atoms with E-state index in [0.717, 1.165) is 25.7 Å². The molecule has 0 atom stereocenters. The van der Waals surface area contributed by atoms with Gasteiger partial charge in [0.05, 0.1) is 0 Å². The smallest absolute Gasteiger partial charge is 0.215 e. The molecule has 0 saturated carbocycles. The fraction of sp³-hybridized carbons (Fsp3) is 0.778. The van der Waals surface area contributed by atoms with Crippen molar-refractivity contribution in [2.24, 2.45) is 0 Å². The van der Waals surface area contributed by atoms with Crippen LogP contribution in [-0.4, -0.2) is 13.9 Å². The highest BCUT2D eigenvalue weighted by Crippen LogP contribution is 2.28. The van der Waals surface area contributed by atoms with Gasteiger partial charge >= 0.3 is 5.51 Å². The zero-order chi connectivity index (χ0) is 12.8. The second-order valence-electron chi connectivity index (χ2n) is 3.37. The number of allylic oxidation sites excluding steroid dienone is 1. The normalized spacial score (nSPS) is 14.2. The molecule has 0 aliphatic rings. The molecule has 0 unspecified atom stereocenters. The first-order valence-corrected chi connectivity index (χ1v) is 7.50. The Labute approximate surface area is 107 Å². The van der Waals surface area contributed by atoms with E-state index in [4.69, 9.17) is 0 Å². The van der Waals surface area contributed by atoms with Gasteiger partial charge in [-0.05, 0) is 35.4 Å². The van der Waals surface area contributed by atoms with Crippen molar-refractivity contribution < 1.29 is 21.6 Å². The highest BCUT2D eigenvalue weighted by molar-refractivity contribution is 14.1. The van der Waals surface area contributed by atoms with Gasteiger partial charge < -0.3 is 0 Å². The van der Waals surface area contributed by atoms with Gasteiger partial charge in [0.15, 0.2) is 0 Å². The lowest BCUT2D eigenvalue weighted by atomic mass is 10.2. The fourth-order valence-corrected chi connectivity index (χ4v) is 2.99. The lowest BCUT2D eigenvalue weighted by Crippen LogP contribution is -2.20. The van der Waals surface area contributed by atoms with Gasteiger partial charge in [0.1, 0.15) is 0 Å². The van der Waals surface area contributed by atoms with Crippen LogP contribution in [0, 0.1) is 0 Å². The van der Waals surface area contributed by atoms with E-state index in [1.54, 1.807) is 22.6 Å². The third kappa shape index (κ3) is 6.07. The summed E-state index contributed by atoms with van der Waals surface area (Å²) >= 11 is 1.64. The second kappa shape index (κ2) is 6.83. The van der Waals surface area contributed by atoms with E-state index < -0.39 is 15.3 Å². The predicted octanol–water partition coefficient (Wildman–Crippen LogP) is 4.17. The van der Waals surface area contributed by atoms with Gasteiger partial charge in [0, 0.05) is 8.99 Å². The van der Waals surface area contributed by atoms with Crippen molar-refractivity contribution in [3.05, 3.63) is 8.99 Å². The third-order valence-electron chi connectivity index (χ3n) is 1.87. The Bertz CT molecular complexity index is 333. The first-order valence-electron chi connectivity index (χ1n) is 4.88. The largest absolute Gasteiger partial charge is 0.501 e. The van der Waals surface area contributed by atoms with E-state index in [2.05, 4.69) is 0 Å². The van der Waals surface area contributed by atoms with Crippen LogP contribution in [0.1, 0.15) is 39.0 Å². The molecule has 0 aliphatic heterocycles. The molecule has 0 heterocycles. The standard InChI is InChI=1S/C9H14F3IO2S/c1-2-3-4-5-6-8(13)7-16(14,15)9(10,11)12/h7H,2-6H2,1H3/b8-7+. The minimum Gasteiger partial charge on any atom is -0.215 e. The summed E-state index contributed by atoms with van der Waals surface area (Å²) < 4.78 is 57.7. The molecule has 0 fully saturated rings. The van der Waals surface area contributed by atoms with Gasteiger partial charge in [-0.25, -0.2) is 8.42 Å². The summed E-state index contributed by atoms with van der Waals surface area (Å²) in [5.41, 5.74) is -5.19. The second-order valence-corrected chi connectivity index (χ2v) is 6.54. The molecule has 96 valence electrons. The summed E-state index contributed by atoms with van der Waals surface area (Å²) in [5.74, 6) is 0. The molecule has 0 aromatic carbocycles. The third-order valence-corrected chi connectivity index (χ3v) is 4.39. The van der Waals surface area contributed by atoms with Crippen molar-refractivity contribution >= 4 is 32.4 Å². The van der Waals surface area contributed by atoms with Crippen LogP contribution in [-0.2, 0) is 9.84 Å². The molecular formula is C9H14F3IO2S. The summed E-state index contributed by atoms with van der Waals surface area (Å²) in [4.78, 5) is 0. The monoisotopic (exact) mass is 370 g/mol. The van der Waals surface area contributed by atoms with Crippen molar-refractivity contribution in [1.82, 2.24) is 0 Å². The zero-order valence-corrected chi connectivity index (χ0v) is 11.8. The lowest BCUT2D eigenvalue weighted by Gasteiger charge is -2.04. The maximum atomic E-state index is 12.0. The van der Waals surface area contributed by atoms with Crippen LogP contribution in [0.4, 0.5) is 13.2 Å². The quantitative estimate of drug-likeness (QED) is 0.520. The molecule has 0 saturated heterocycles. The molecule has 0 aromatic rings. The van der Waals surface area contributed by atoms with Gasteiger partial charge in [0.25, 0.3) is 9.84 Å². The molecule has 7 heteroatoms. The summed E-state index contributed by atoms with van der Waals surface area (Å²) in [7, 11) is -5.11. The number of hydrogen-bond donors (Lipinski definition) is 0. The van der Waals surface area contributed by atoms with Crippen molar-refractivity contribution in [3.63, 3.8) is 0 Å². The molecular weight excluding hydrogens is 356 g/mol. The number of rotatable bonds is 6. The molecule has 0 spiro atoms. The Morgan fingerprint density at radius 2 is 1.81 bits per heavy atom. The molecule has 0 rings (SSSR count). The van der Waals surface area contributed by atoms with Crippen molar-refractivity contribution in [2.75, 3.05) is 0 Å². The Kier molecular flexibility index (Phi) is 6.92. The highest BCUT2D eigenvalue weighted by atomic mass is 127. The minimum atomic E-state index is -5.19. The van der Waals surface area contributed by atoms with Gasteiger partial charge in [-0.3, -0.25) is 0 Å². The maximum Gasteiger partial charge on any atom is 0.501 e. The molecule has 0 bridgehead atoms. The minimum absolute atomic E-state index is 0.228. The average Bonchev–Trinajstić information content (AvgIpc) is 2.10. The number of hydrogen-bond acceptors (Lipinski definition) is 2. The topological polar surface area (TPSA) is 34.1 Å². The first kappa shape index (κ1) is 16.2. The Hall–Kier alpha value is 0.210. The summed E-state index contributed by atoms with van der Waals surface area (Å²) in [6, 6.07) is 0. The summed E-state index contributed by atoms with van der Waals surface area (Å²) in [6.07, 6.45) is 4.05. The van der Waals surface area contributed by atoms with Crippen LogP contribution in [0.5, 0.6) is 0 Å². The van der Waals surface area contributed by atoms with Crippen LogP contribution in [0.3, 0.4) is 0 Å². The van der Waals surface area contributed by atoms with E-state index in [0.29, 0.717) is 11.8 Å². The van der Waals surface area contributed by atoms with E-state index in [-0.39, 0.29) is 3.58 Å². The maximum absolute atomic E-state index is 12.0. The average molecular weight is 370 g/mol. The molecule has 0 aromatic heterocycles. The number of halogens is 4. The highest BCUT2D eigenvalue weighted by Gasteiger charge is 2.44. The van der Waals surface area contributed by atoms with Crippen LogP contribution in [0.2, 0.25) is 0 Å². The van der Waals surface area contributed by atoms with E-state index in [1.165, 1.54) is 0 Å². The Balaban J connectivity index is 4.33. The SMILES string of the molecule is CCCCCC/C(I)=C\S(=O)(=O)C(F)(F)F. The van der Waals surface area contributed by atoms with Gasteiger partial charge in [0.2, 0.25) is 0 Å². The zero-order valence-electron chi connectivity index (χ0n) is 8.85. The fourth-order valence-electron chi connectivity index (χ4n) is 1.01. The van der Waals surface area contributed by atoms with Gasteiger partial charge in [-0.2, -0.15) is 13.2 Å². The predicted molar refractivity (Wildman–Crippen MR) is 65.8 cm³/mol. The molecule has 0 aliphatic carbocycles. The van der Waals surface area contributed by atoms with Gasteiger partial charge in [-0.1, -0.05) is 26.2 Å². The Morgan fingerprint density at radius 1 is 1.25 bits per heavy atom. The summed E-state index contributed by atoms with van der Waals surface area (Å²) in [5, 5.41) is 0.319. The van der Waals surface area contributed by atoms with Crippen LogP contribution in [0.25, 0.3) is 0 Å². The molecule has 2 nitrogen and oxygen atoms in total. The van der Waals surface area contributed by atoms with Gasteiger partial charge in [-0.15, -0.1) is 0 Å². The number of alkyl halides is 3. The van der Waals surface area contributed by atoms with Crippen molar-refractivity contribution in [2.45, 2.75) is 44.5 Å². The summed E-state index contributed by atoms with van der Waals surface area (Å²) in [6.45, 7) is 2.02. The molecule has 0 amide bonds. The van der Waals surface area contributed by atoms with E-state index in [9.17, 15) is 21.6 Å². The van der Waals surface area contributed by atoms with Crippen LogP contribution in [0.15, 0.2) is 8.99 Å². The van der Waals surface area contributed by atoms with Crippen molar-refractivity contribution in [3.8, 4) is 0 Å².